The summed E-state index contributed by atoms with van der Waals surface area (Å²) >= 11 is 0. The Hall–Kier alpha value is -1.79. The van der Waals surface area contributed by atoms with E-state index in [1.54, 1.807) is 0 Å². The van der Waals surface area contributed by atoms with Gasteiger partial charge >= 0.3 is 17.9 Å². The van der Waals surface area contributed by atoms with Crippen LogP contribution in [0.3, 0.4) is 0 Å². The van der Waals surface area contributed by atoms with Crippen molar-refractivity contribution in [3.63, 3.8) is 0 Å². The van der Waals surface area contributed by atoms with Crippen LogP contribution in [0.1, 0.15) is 85.0 Å². The van der Waals surface area contributed by atoms with E-state index in [1.165, 1.54) is 0 Å². The monoisotopic (exact) mass is 521 g/mol. The number of carboxylic acids is 2. The van der Waals surface area contributed by atoms with Crippen molar-refractivity contribution in [1.82, 2.24) is 0 Å². The zero-order valence-electron chi connectivity index (χ0n) is 21.8. The first kappa shape index (κ1) is 34.2. The Morgan fingerprint density at radius 1 is 0.861 bits per heavy atom. The quantitative estimate of drug-likeness (QED) is 0.0845. The van der Waals surface area contributed by atoms with Gasteiger partial charge in [-0.25, -0.2) is 0 Å². The molecule has 0 aromatic carbocycles. The van der Waals surface area contributed by atoms with Crippen LogP contribution < -0.4 is 5.73 Å². The molecule has 36 heavy (non-hydrogen) atoms. The van der Waals surface area contributed by atoms with Crippen molar-refractivity contribution in [2.24, 2.45) is 23.5 Å². The number of carboxylic acid groups (broad SMARTS) is 2. The largest absolute Gasteiger partial charge is 0.481 e. The molecule has 0 rings (SSSR count). The van der Waals surface area contributed by atoms with E-state index in [0.717, 1.165) is 19.3 Å². The Balaban J connectivity index is 4.74. The number of carbonyl (C=O) groups excluding carboxylic acids is 1. The second-order valence-corrected chi connectivity index (χ2v) is 9.98. The molecule has 0 aliphatic rings. The summed E-state index contributed by atoms with van der Waals surface area (Å²) in [6, 6.07) is 0. The van der Waals surface area contributed by atoms with Gasteiger partial charge in [-0.3, -0.25) is 14.4 Å². The molecule has 0 saturated heterocycles. The Morgan fingerprint density at radius 2 is 1.47 bits per heavy atom. The lowest BCUT2D eigenvalue weighted by atomic mass is 9.89. The fourth-order valence-corrected chi connectivity index (χ4v) is 4.00. The van der Waals surface area contributed by atoms with E-state index < -0.39 is 67.2 Å². The molecule has 8 atom stereocenters. The van der Waals surface area contributed by atoms with Crippen LogP contribution in [0.15, 0.2) is 0 Å². The summed E-state index contributed by atoms with van der Waals surface area (Å²) in [5, 5.41) is 58.1. The molecule has 1 unspecified atom stereocenters. The molecular weight excluding hydrogens is 474 g/mol. The van der Waals surface area contributed by atoms with E-state index in [9.17, 15) is 39.9 Å². The molecule has 11 nitrogen and oxygen atoms in total. The molecule has 0 amide bonds. The zero-order valence-corrected chi connectivity index (χ0v) is 21.8. The molecule has 0 aliphatic carbocycles. The third kappa shape index (κ3) is 14.7. The number of hydrogen-bond donors (Lipinski definition) is 7. The fourth-order valence-electron chi connectivity index (χ4n) is 4.00. The van der Waals surface area contributed by atoms with Gasteiger partial charge in [0.15, 0.2) is 0 Å². The number of hydrogen-bond acceptors (Lipinski definition) is 9. The van der Waals surface area contributed by atoms with Crippen LogP contribution in [0, 0.1) is 17.8 Å². The lowest BCUT2D eigenvalue weighted by molar-refractivity contribution is -0.163. The summed E-state index contributed by atoms with van der Waals surface area (Å²) in [5.41, 5.74) is 5.31. The highest BCUT2D eigenvalue weighted by Crippen LogP contribution is 2.25. The smallest absolute Gasteiger partial charge is 0.307 e. The first-order valence-electron chi connectivity index (χ1n) is 12.9. The summed E-state index contributed by atoms with van der Waals surface area (Å²) in [5.74, 6) is -5.05. The minimum atomic E-state index is -1.40. The summed E-state index contributed by atoms with van der Waals surface area (Å²) in [7, 11) is 0. The summed E-state index contributed by atoms with van der Waals surface area (Å²) in [6.07, 6.45) is -1.40. The molecular formula is C25H47NO10. The Kier molecular flexibility index (Phi) is 17.5. The van der Waals surface area contributed by atoms with Crippen molar-refractivity contribution >= 4 is 17.9 Å². The van der Waals surface area contributed by atoms with Crippen molar-refractivity contribution in [2.75, 3.05) is 6.54 Å². The molecule has 0 spiro atoms. The van der Waals surface area contributed by atoms with Crippen LogP contribution in [0.25, 0.3) is 0 Å². The van der Waals surface area contributed by atoms with Crippen LogP contribution in [0.4, 0.5) is 0 Å². The lowest BCUT2D eigenvalue weighted by Crippen LogP contribution is -2.38. The molecule has 0 heterocycles. The highest BCUT2D eigenvalue weighted by atomic mass is 16.6. The number of nitrogens with two attached hydrogens (primary N) is 1. The average Bonchev–Trinajstić information content (AvgIpc) is 2.81. The highest BCUT2D eigenvalue weighted by molar-refractivity contribution is 5.82. The summed E-state index contributed by atoms with van der Waals surface area (Å²) in [4.78, 5) is 34.5. The predicted octanol–water partition coefficient (Wildman–Crippen LogP) is 1.28. The van der Waals surface area contributed by atoms with Crippen LogP contribution in [-0.2, 0) is 19.1 Å². The van der Waals surface area contributed by atoms with Crippen molar-refractivity contribution in [3.05, 3.63) is 0 Å². The van der Waals surface area contributed by atoms with Gasteiger partial charge in [-0.15, -0.1) is 0 Å². The molecule has 0 aromatic rings. The van der Waals surface area contributed by atoms with Gasteiger partial charge in [-0.1, -0.05) is 52.9 Å². The van der Waals surface area contributed by atoms with Crippen molar-refractivity contribution in [1.29, 1.82) is 0 Å². The summed E-state index contributed by atoms with van der Waals surface area (Å²) < 4.78 is 5.46. The lowest BCUT2D eigenvalue weighted by Gasteiger charge is -2.29. The molecule has 8 N–H and O–H groups in total. The predicted molar refractivity (Wildman–Crippen MR) is 132 cm³/mol. The SMILES string of the molecule is CC[C@@H](C)[C@@H](O)[C@H](C[C@@H](C)CCCCC[C@@H](O)[C@@H](O)C[C@H](O)CN)OC(=O)CC(CC(=O)O)C(=O)O. The minimum Gasteiger partial charge on any atom is -0.481 e. The van der Waals surface area contributed by atoms with Crippen LogP contribution in [-0.4, -0.2) is 85.6 Å². The van der Waals surface area contributed by atoms with Gasteiger partial charge in [0.1, 0.15) is 6.10 Å². The Labute approximate surface area is 213 Å². The minimum absolute atomic E-state index is 0.0200. The molecule has 212 valence electrons. The first-order valence-corrected chi connectivity index (χ1v) is 12.9. The molecule has 0 aliphatic heterocycles. The van der Waals surface area contributed by atoms with Crippen molar-refractivity contribution in [3.8, 4) is 0 Å². The van der Waals surface area contributed by atoms with Crippen LogP contribution in [0.5, 0.6) is 0 Å². The van der Waals surface area contributed by atoms with E-state index in [1.807, 2.05) is 20.8 Å². The van der Waals surface area contributed by atoms with E-state index in [2.05, 4.69) is 0 Å². The van der Waals surface area contributed by atoms with Gasteiger partial charge in [0.05, 0.1) is 43.2 Å². The topological polar surface area (TPSA) is 208 Å². The zero-order chi connectivity index (χ0) is 27.8. The second-order valence-electron chi connectivity index (χ2n) is 9.98. The van der Waals surface area contributed by atoms with E-state index in [-0.39, 0.29) is 24.8 Å². The third-order valence-corrected chi connectivity index (χ3v) is 6.64. The number of esters is 1. The number of aliphatic hydroxyl groups excluding tert-OH is 4. The Morgan fingerprint density at radius 3 is 2.00 bits per heavy atom. The fraction of sp³-hybridized carbons (Fsp3) is 0.880. The molecule has 0 saturated carbocycles. The van der Waals surface area contributed by atoms with Crippen molar-refractivity contribution in [2.45, 2.75) is 115 Å². The maximum atomic E-state index is 12.4. The highest BCUT2D eigenvalue weighted by Gasteiger charge is 2.31. The number of ether oxygens (including phenoxy) is 1. The van der Waals surface area contributed by atoms with Crippen LogP contribution >= 0.6 is 0 Å². The van der Waals surface area contributed by atoms with E-state index in [4.69, 9.17) is 15.6 Å². The van der Waals surface area contributed by atoms with Gasteiger partial charge in [0, 0.05) is 13.0 Å². The molecule has 11 heteroatoms. The number of aliphatic carboxylic acids is 2. The Bertz CT molecular complexity index is 646. The number of rotatable bonds is 21. The molecule has 0 radical (unpaired) electrons. The normalized spacial score (nSPS) is 18.3. The molecule has 0 aromatic heterocycles. The van der Waals surface area contributed by atoms with Gasteiger partial charge in [-0.2, -0.15) is 0 Å². The standard InChI is InChI=1S/C25H47NO10/c1-4-16(3)24(33)21(36-23(32)12-17(25(34)35)11-22(30)31)10-15(2)8-6-5-7-9-19(28)20(29)13-18(27)14-26/h15-21,24,27-29,33H,4-14,26H2,1-3H3,(H,30,31)(H,34,35)/t15-,16+,17?,18-,19+,20-,21-,24+/m0/s1. The van der Waals surface area contributed by atoms with Gasteiger partial charge in [-0.05, 0) is 24.7 Å². The van der Waals surface area contributed by atoms with E-state index in [0.29, 0.717) is 25.7 Å². The molecule has 0 bridgehead atoms. The van der Waals surface area contributed by atoms with Crippen LogP contribution in [0.2, 0.25) is 0 Å². The van der Waals surface area contributed by atoms with E-state index >= 15 is 0 Å². The molecule has 0 fully saturated rings. The van der Waals surface area contributed by atoms with Gasteiger partial charge < -0.3 is 41.1 Å². The third-order valence-electron chi connectivity index (χ3n) is 6.64. The van der Waals surface area contributed by atoms with Gasteiger partial charge in [0.2, 0.25) is 0 Å². The average molecular weight is 522 g/mol. The second kappa shape index (κ2) is 18.5. The van der Waals surface area contributed by atoms with Gasteiger partial charge in [0.25, 0.3) is 0 Å². The first-order chi connectivity index (χ1) is 16.8. The van der Waals surface area contributed by atoms with Crippen molar-refractivity contribution < 1.29 is 49.8 Å². The number of unbranched alkanes of at least 4 members (excludes halogenated alkanes) is 2. The number of aliphatic hydroxyl groups is 4. The maximum Gasteiger partial charge on any atom is 0.307 e. The maximum absolute atomic E-state index is 12.4. The summed E-state index contributed by atoms with van der Waals surface area (Å²) in [6.45, 7) is 5.70. The number of carbonyl (C=O) groups is 3.